The molecule has 1 aromatic rings. The number of benzene rings is 1. The average Bonchev–Trinajstić information content (AvgIpc) is 2.16. The van der Waals surface area contributed by atoms with Crippen LogP contribution in [0.4, 0.5) is 8.78 Å². The predicted molar refractivity (Wildman–Crippen MR) is 62.6 cm³/mol. The summed E-state index contributed by atoms with van der Waals surface area (Å²) in [7, 11) is 0. The molecule has 0 bridgehead atoms. The van der Waals surface area contributed by atoms with Crippen LogP contribution in [0.5, 0.6) is 0 Å². The third kappa shape index (κ3) is 3.56. The zero-order valence-corrected chi connectivity index (χ0v) is 10.1. The third-order valence-corrected chi connectivity index (χ3v) is 2.48. The van der Waals surface area contributed by atoms with Crippen molar-refractivity contribution in [3.05, 3.63) is 35.4 Å². The topological polar surface area (TPSA) is 26.0 Å². The number of rotatable bonds is 4. The van der Waals surface area contributed by atoms with Crippen LogP contribution in [0.25, 0.3) is 0 Å². The molecule has 0 aliphatic rings. The minimum Gasteiger partial charge on any atom is -0.325 e. The molecule has 0 fully saturated rings. The van der Waals surface area contributed by atoms with Gasteiger partial charge in [0.25, 0.3) is 5.92 Å². The zero-order valence-electron chi connectivity index (χ0n) is 10.1. The highest BCUT2D eigenvalue weighted by molar-refractivity contribution is 5.26. The van der Waals surface area contributed by atoms with Gasteiger partial charge in [-0.05, 0) is 25.8 Å². The summed E-state index contributed by atoms with van der Waals surface area (Å²) in [6.07, 6.45) is 0.514. The van der Waals surface area contributed by atoms with E-state index in [1.807, 2.05) is 13.8 Å². The second-order valence-electron chi connectivity index (χ2n) is 4.92. The Morgan fingerprint density at radius 1 is 1.12 bits per heavy atom. The average molecular weight is 227 g/mol. The third-order valence-electron chi connectivity index (χ3n) is 2.48. The van der Waals surface area contributed by atoms with Crippen molar-refractivity contribution in [1.82, 2.24) is 0 Å². The van der Waals surface area contributed by atoms with Gasteiger partial charge in [0.15, 0.2) is 0 Å². The number of hydrogen-bond donors (Lipinski definition) is 1. The number of nitrogens with two attached hydrogens (primary N) is 1. The molecule has 90 valence electrons. The Hall–Kier alpha value is -0.960. The Labute approximate surface area is 95.7 Å². The first-order valence-electron chi connectivity index (χ1n) is 5.51. The van der Waals surface area contributed by atoms with Crippen LogP contribution in [0, 0.1) is 0 Å². The van der Waals surface area contributed by atoms with Crippen LogP contribution >= 0.6 is 0 Å². The van der Waals surface area contributed by atoms with Gasteiger partial charge in [0.1, 0.15) is 0 Å². The largest absolute Gasteiger partial charge is 0.325 e. The van der Waals surface area contributed by atoms with Gasteiger partial charge >= 0.3 is 0 Å². The molecule has 0 unspecified atom stereocenters. The molecule has 0 aliphatic carbocycles. The van der Waals surface area contributed by atoms with Gasteiger partial charge in [-0.1, -0.05) is 31.2 Å². The highest BCUT2D eigenvalue weighted by atomic mass is 19.3. The highest BCUT2D eigenvalue weighted by Crippen LogP contribution is 2.31. The Morgan fingerprint density at radius 3 is 2.00 bits per heavy atom. The summed E-state index contributed by atoms with van der Waals surface area (Å²) in [5.41, 5.74) is 6.63. The van der Waals surface area contributed by atoms with Crippen molar-refractivity contribution in [1.29, 1.82) is 0 Å². The van der Waals surface area contributed by atoms with Gasteiger partial charge in [0.05, 0.1) is 0 Å². The van der Waals surface area contributed by atoms with Crippen molar-refractivity contribution in [2.24, 2.45) is 5.73 Å². The monoisotopic (exact) mass is 227 g/mol. The molecule has 0 saturated heterocycles. The van der Waals surface area contributed by atoms with Crippen LogP contribution in [0.15, 0.2) is 24.3 Å². The first-order chi connectivity index (χ1) is 7.24. The SMILES string of the molecule is CCC(F)(F)c1ccc(CC(C)(C)N)cc1. The van der Waals surface area contributed by atoms with Gasteiger partial charge in [0.2, 0.25) is 0 Å². The summed E-state index contributed by atoms with van der Waals surface area (Å²) in [4.78, 5) is 0. The van der Waals surface area contributed by atoms with Gasteiger partial charge < -0.3 is 5.73 Å². The van der Waals surface area contributed by atoms with Crippen molar-refractivity contribution in [3.8, 4) is 0 Å². The lowest BCUT2D eigenvalue weighted by atomic mass is 9.94. The molecule has 0 aliphatic heterocycles. The quantitative estimate of drug-likeness (QED) is 0.837. The van der Waals surface area contributed by atoms with Crippen molar-refractivity contribution in [3.63, 3.8) is 0 Å². The summed E-state index contributed by atoms with van der Waals surface area (Å²) in [6.45, 7) is 5.32. The second kappa shape index (κ2) is 4.50. The Bertz CT molecular complexity index is 336. The minimum absolute atomic E-state index is 0.0774. The molecule has 0 heterocycles. The molecule has 0 radical (unpaired) electrons. The van der Waals surface area contributed by atoms with E-state index < -0.39 is 5.92 Å². The van der Waals surface area contributed by atoms with Crippen LogP contribution < -0.4 is 5.73 Å². The molecular formula is C13H19F2N. The maximum Gasteiger partial charge on any atom is 0.273 e. The summed E-state index contributed by atoms with van der Waals surface area (Å²) in [5.74, 6) is -2.73. The van der Waals surface area contributed by atoms with E-state index in [1.165, 1.54) is 19.1 Å². The summed E-state index contributed by atoms with van der Waals surface area (Å²) in [5, 5.41) is 0. The molecule has 1 rings (SSSR count). The first kappa shape index (κ1) is 13.1. The fourth-order valence-electron chi connectivity index (χ4n) is 1.60. The molecule has 2 N–H and O–H groups in total. The van der Waals surface area contributed by atoms with Crippen molar-refractivity contribution < 1.29 is 8.78 Å². The van der Waals surface area contributed by atoms with E-state index in [9.17, 15) is 8.78 Å². The normalized spacial score (nSPS) is 12.9. The van der Waals surface area contributed by atoms with Crippen molar-refractivity contribution >= 4 is 0 Å². The first-order valence-corrected chi connectivity index (χ1v) is 5.51. The van der Waals surface area contributed by atoms with E-state index in [2.05, 4.69) is 0 Å². The Morgan fingerprint density at radius 2 is 1.62 bits per heavy atom. The molecule has 0 saturated carbocycles. The van der Waals surface area contributed by atoms with Crippen molar-refractivity contribution in [2.75, 3.05) is 0 Å². The molecule has 1 aromatic carbocycles. The minimum atomic E-state index is -2.73. The lowest BCUT2D eigenvalue weighted by Crippen LogP contribution is -2.34. The number of hydrogen-bond acceptors (Lipinski definition) is 1. The van der Waals surface area contributed by atoms with E-state index >= 15 is 0 Å². The summed E-state index contributed by atoms with van der Waals surface area (Å²) >= 11 is 0. The van der Waals surface area contributed by atoms with E-state index in [0.717, 1.165) is 5.56 Å². The van der Waals surface area contributed by atoms with E-state index in [-0.39, 0.29) is 17.5 Å². The summed E-state index contributed by atoms with van der Waals surface area (Å²) in [6, 6.07) is 6.44. The number of halogens is 2. The molecule has 0 aromatic heterocycles. The number of alkyl halides is 2. The molecular weight excluding hydrogens is 208 g/mol. The highest BCUT2D eigenvalue weighted by Gasteiger charge is 2.28. The Balaban J connectivity index is 2.84. The molecule has 0 amide bonds. The van der Waals surface area contributed by atoms with Crippen molar-refractivity contribution in [2.45, 2.75) is 45.1 Å². The van der Waals surface area contributed by atoms with Crippen LogP contribution in [-0.2, 0) is 12.3 Å². The van der Waals surface area contributed by atoms with Crippen LogP contribution in [-0.4, -0.2) is 5.54 Å². The van der Waals surface area contributed by atoms with E-state index in [4.69, 9.17) is 5.73 Å². The van der Waals surface area contributed by atoms with Crippen LogP contribution in [0.3, 0.4) is 0 Å². The predicted octanol–water partition coefficient (Wildman–Crippen LogP) is 3.47. The summed E-state index contributed by atoms with van der Waals surface area (Å²) < 4.78 is 26.7. The smallest absolute Gasteiger partial charge is 0.273 e. The van der Waals surface area contributed by atoms with Crippen LogP contribution in [0.2, 0.25) is 0 Å². The lowest BCUT2D eigenvalue weighted by molar-refractivity contribution is -0.00829. The molecule has 1 nitrogen and oxygen atoms in total. The molecule has 0 atom stereocenters. The Kier molecular flexibility index (Phi) is 3.68. The van der Waals surface area contributed by atoms with E-state index in [1.54, 1.807) is 12.1 Å². The molecule has 0 spiro atoms. The van der Waals surface area contributed by atoms with E-state index in [0.29, 0.717) is 6.42 Å². The lowest BCUT2D eigenvalue weighted by Gasteiger charge is -2.19. The van der Waals surface area contributed by atoms with Gasteiger partial charge in [-0.25, -0.2) is 8.78 Å². The maximum absolute atomic E-state index is 13.3. The zero-order chi connectivity index (χ0) is 12.4. The fraction of sp³-hybridized carbons (Fsp3) is 0.538. The maximum atomic E-state index is 13.3. The van der Waals surface area contributed by atoms with Gasteiger partial charge in [-0.15, -0.1) is 0 Å². The van der Waals surface area contributed by atoms with Gasteiger partial charge in [0, 0.05) is 17.5 Å². The standard InChI is InChI=1S/C13H19F2N/c1-4-13(14,15)11-7-5-10(6-8-11)9-12(2,3)16/h5-8H,4,9,16H2,1-3H3. The van der Waals surface area contributed by atoms with Gasteiger partial charge in [-0.3, -0.25) is 0 Å². The van der Waals surface area contributed by atoms with Gasteiger partial charge in [-0.2, -0.15) is 0 Å². The second-order valence-corrected chi connectivity index (χ2v) is 4.92. The van der Waals surface area contributed by atoms with Crippen LogP contribution in [0.1, 0.15) is 38.3 Å². The molecule has 3 heteroatoms. The fourth-order valence-corrected chi connectivity index (χ4v) is 1.60. The molecule has 16 heavy (non-hydrogen) atoms.